The summed E-state index contributed by atoms with van der Waals surface area (Å²) in [5.41, 5.74) is 1.75. The van der Waals surface area contributed by atoms with Crippen molar-refractivity contribution < 1.29 is 10.0 Å². The number of carbonyl (C=O) groups excluding carboxylic acids is 1. The van der Waals surface area contributed by atoms with E-state index in [0.29, 0.717) is 18.6 Å². The van der Waals surface area contributed by atoms with Gasteiger partial charge >= 0.3 is 0 Å². The normalized spacial score (nSPS) is 11.4. The van der Waals surface area contributed by atoms with Crippen LogP contribution in [0.15, 0.2) is 35.5 Å². The zero-order valence-electron chi connectivity index (χ0n) is 9.52. The van der Waals surface area contributed by atoms with Gasteiger partial charge in [0.1, 0.15) is 5.78 Å². The summed E-state index contributed by atoms with van der Waals surface area (Å²) in [7, 11) is 0. The maximum Gasteiger partial charge on any atom is 0.138 e. The Labute approximate surface area is 95.8 Å². The Bertz CT molecular complexity index is 357. The summed E-state index contributed by atoms with van der Waals surface area (Å²) in [5, 5.41) is 12.0. The van der Waals surface area contributed by atoms with E-state index in [1.54, 1.807) is 0 Å². The molecular formula is C13H17NO2. The first-order valence-corrected chi connectivity index (χ1v) is 5.51. The summed E-state index contributed by atoms with van der Waals surface area (Å²) in [6, 6.07) is 9.96. The van der Waals surface area contributed by atoms with Crippen molar-refractivity contribution in [1.29, 1.82) is 0 Å². The van der Waals surface area contributed by atoms with E-state index in [0.717, 1.165) is 6.42 Å². The van der Waals surface area contributed by atoms with Crippen LogP contribution in [0.1, 0.15) is 31.7 Å². The van der Waals surface area contributed by atoms with Gasteiger partial charge in [-0.1, -0.05) is 42.4 Å². The highest BCUT2D eigenvalue weighted by atomic mass is 16.4. The molecule has 0 aliphatic rings. The van der Waals surface area contributed by atoms with E-state index in [-0.39, 0.29) is 12.2 Å². The van der Waals surface area contributed by atoms with Crippen LogP contribution in [0.4, 0.5) is 0 Å². The van der Waals surface area contributed by atoms with Gasteiger partial charge in [0.2, 0.25) is 0 Å². The molecule has 0 spiro atoms. The molecule has 0 fully saturated rings. The minimum Gasteiger partial charge on any atom is -0.411 e. The number of hydrogen-bond acceptors (Lipinski definition) is 3. The van der Waals surface area contributed by atoms with Gasteiger partial charge in [-0.15, -0.1) is 0 Å². The zero-order chi connectivity index (χ0) is 11.8. The van der Waals surface area contributed by atoms with E-state index in [2.05, 4.69) is 5.16 Å². The second-order valence-corrected chi connectivity index (χ2v) is 3.72. The Morgan fingerprint density at radius 3 is 2.56 bits per heavy atom. The van der Waals surface area contributed by atoms with Crippen LogP contribution in [-0.2, 0) is 11.2 Å². The third kappa shape index (κ3) is 4.26. The van der Waals surface area contributed by atoms with Gasteiger partial charge < -0.3 is 5.21 Å². The maximum absolute atomic E-state index is 11.2. The van der Waals surface area contributed by atoms with E-state index >= 15 is 0 Å². The predicted octanol–water partition coefficient (Wildman–Crippen LogP) is 2.82. The van der Waals surface area contributed by atoms with Crippen molar-refractivity contribution in [1.82, 2.24) is 0 Å². The molecule has 1 aromatic rings. The molecule has 1 N–H and O–H groups in total. The molecule has 1 rings (SSSR count). The number of nitrogens with zero attached hydrogens (tertiary/aromatic N) is 1. The van der Waals surface area contributed by atoms with Crippen molar-refractivity contribution in [3.63, 3.8) is 0 Å². The fourth-order valence-electron chi connectivity index (χ4n) is 1.46. The Kier molecular flexibility index (Phi) is 5.26. The molecule has 0 heterocycles. The molecule has 16 heavy (non-hydrogen) atoms. The van der Waals surface area contributed by atoms with E-state index in [1.807, 2.05) is 37.3 Å². The monoisotopic (exact) mass is 219 g/mol. The molecule has 0 aliphatic carbocycles. The average Bonchev–Trinajstić information content (AvgIpc) is 2.35. The number of rotatable bonds is 6. The van der Waals surface area contributed by atoms with Crippen molar-refractivity contribution >= 4 is 11.5 Å². The molecule has 0 radical (unpaired) electrons. The van der Waals surface area contributed by atoms with Crippen molar-refractivity contribution in [2.45, 2.75) is 32.6 Å². The number of benzene rings is 1. The Morgan fingerprint density at radius 2 is 2.00 bits per heavy atom. The summed E-state index contributed by atoms with van der Waals surface area (Å²) >= 11 is 0. The van der Waals surface area contributed by atoms with Gasteiger partial charge in [-0.2, -0.15) is 0 Å². The Hall–Kier alpha value is -1.64. The highest BCUT2D eigenvalue weighted by molar-refractivity contribution is 6.01. The molecule has 0 unspecified atom stereocenters. The van der Waals surface area contributed by atoms with Crippen molar-refractivity contribution in [2.24, 2.45) is 5.16 Å². The summed E-state index contributed by atoms with van der Waals surface area (Å²) in [4.78, 5) is 11.2. The number of carbonyl (C=O) groups is 1. The van der Waals surface area contributed by atoms with E-state index < -0.39 is 0 Å². The first-order valence-electron chi connectivity index (χ1n) is 5.51. The third-order valence-electron chi connectivity index (χ3n) is 2.48. The second-order valence-electron chi connectivity index (χ2n) is 3.72. The lowest BCUT2D eigenvalue weighted by Gasteiger charge is -2.03. The first kappa shape index (κ1) is 12.4. The number of ketones is 1. The molecule has 0 bridgehead atoms. The lowest BCUT2D eigenvalue weighted by Crippen LogP contribution is -2.08. The average molecular weight is 219 g/mol. The van der Waals surface area contributed by atoms with Gasteiger partial charge in [-0.3, -0.25) is 4.79 Å². The maximum atomic E-state index is 11.2. The minimum atomic E-state index is 0.112. The minimum absolute atomic E-state index is 0.112. The smallest absolute Gasteiger partial charge is 0.138 e. The van der Waals surface area contributed by atoms with Crippen LogP contribution in [-0.4, -0.2) is 16.7 Å². The quantitative estimate of drug-likeness (QED) is 0.454. The number of oxime groups is 1. The fraction of sp³-hybridized carbons (Fsp3) is 0.385. The molecule has 0 saturated carbocycles. The second kappa shape index (κ2) is 6.77. The van der Waals surface area contributed by atoms with Gasteiger partial charge in [0, 0.05) is 12.8 Å². The van der Waals surface area contributed by atoms with Crippen molar-refractivity contribution in [2.75, 3.05) is 0 Å². The lowest BCUT2D eigenvalue weighted by atomic mass is 10.0. The number of hydrogen-bond donors (Lipinski definition) is 1. The lowest BCUT2D eigenvalue weighted by molar-refractivity contribution is -0.117. The molecule has 3 heteroatoms. The standard InChI is InChI=1S/C13H17NO2/c1-2-13(15)10-12(14-16)9-8-11-6-4-3-5-7-11/h3-7,16H,2,8-10H2,1H3/b14-12-. The van der Waals surface area contributed by atoms with Crippen LogP contribution < -0.4 is 0 Å². The third-order valence-corrected chi connectivity index (χ3v) is 2.48. The summed E-state index contributed by atoms with van der Waals surface area (Å²) in [6.07, 6.45) is 2.19. The highest BCUT2D eigenvalue weighted by Gasteiger charge is 2.06. The van der Waals surface area contributed by atoms with Gasteiger partial charge in [0.25, 0.3) is 0 Å². The molecule has 0 saturated heterocycles. The number of Topliss-reactive ketones (excluding diaryl/α,β-unsaturated/α-hetero) is 1. The van der Waals surface area contributed by atoms with E-state index in [9.17, 15) is 4.79 Å². The molecule has 3 nitrogen and oxygen atoms in total. The van der Waals surface area contributed by atoms with Crippen LogP contribution in [0.25, 0.3) is 0 Å². The van der Waals surface area contributed by atoms with Gasteiger partial charge in [0.15, 0.2) is 0 Å². The molecular weight excluding hydrogens is 202 g/mol. The zero-order valence-corrected chi connectivity index (χ0v) is 9.52. The van der Waals surface area contributed by atoms with Crippen LogP contribution in [0.5, 0.6) is 0 Å². The summed E-state index contributed by atoms with van der Waals surface area (Å²) in [5.74, 6) is 0.112. The van der Waals surface area contributed by atoms with Crippen molar-refractivity contribution in [3.8, 4) is 0 Å². The van der Waals surface area contributed by atoms with Gasteiger partial charge in [-0.05, 0) is 18.4 Å². The predicted molar refractivity (Wildman–Crippen MR) is 63.9 cm³/mol. The molecule has 86 valence electrons. The molecule has 1 aromatic carbocycles. The van der Waals surface area contributed by atoms with Crippen LogP contribution in [0.3, 0.4) is 0 Å². The Morgan fingerprint density at radius 1 is 1.31 bits per heavy atom. The van der Waals surface area contributed by atoms with E-state index in [4.69, 9.17) is 5.21 Å². The van der Waals surface area contributed by atoms with Crippen LogP contribution >= 0.6 is 0 Å². The largest absolute Gasteiger partial charge is 0.411 e. The molecule has 0 aromatic heterocycles. The topological polar surface area (TPSA) is 49.7 Å². The van der Waals surface area contributed by atoms with Crippen LogP contribution in [0, 0.1) is 0 Å². The summed E-state index contributed by atoms with van der Waals surface area (Å²) in [6.45, 7) is 1.81. The van der Waals surface area contributed by atoms with Gasteiger partial charge in [-0.25, -0.2) is 0 Å². The molecule has 0 amide bonds. The SMILES string of the molecule is CCC(=O)C/C(CCc1ccccc1)=N\O. The number of aryl methyl sites for hydroxylation is 1. The first-order chi connectivity index (χ1) is 7.76. The van der Waals surface area contributed by atoms with Crippen molar-refractivity contribution in [3.05, 3.63) is 35.9 Å². The molecule has 0 atom stereocenters. The molecule has 0 aliphatic heterocycles. The fourth-order valence-corrected chi connectivity index (χ4v) is 1.46. The highest BCUT2D eigenvalue weighted by Crippen LogP contribution is 2.06. The van der Waals surface area contributed by atoms with Crippen LogP contribution in [0.2, 0.25) is 0 Å². The van der Waals surface area contributed by atoms with E-state index in [1.165, 1.54) is 5.56 Å². The summed E-state index contributed by atoms with van der Waals surface area (Å²) < 4.78 is 0. The van der Waals surface area contributed by atoms with Gasteiger partial charge in [0.05, 0.1) is 5.71 Å². The Balaban J connectivity index is 2.44.